The smallest absolute Gasteiger partial charge is 0.174 e. The van der Waals surface area contributed by atoms with Crippen LogP contribution in [0.3, 0.4) is 0 Å². The summed E-state index contributed by atoms with van der Waals surface area (Å²) in [5.74, 6) is 0.812. The molecule has 0 amide bonds. The minimum Gasteiger partial charge on any atom is -0.497 e. The molecule has 1 atom stereocenters. The molecule has 0 aliphatic rings. The molecule has 0 saturated heterocycles. The van der Waals surface area contributed by atoms with Crippen LogP contribution in [0.1, 0.15) is 18.5 Å². The minimum absolute atomic E-state index is 0.0899. The van der Waals surface area contributed by atoms with E-state index < -0.39 is 0 Å². The maximum Gasteiger partial charge on any atom is 0.174 e. The van der Waals surface area contributed by atoms with Crippen molar-refractivity contribution < 1.29 is 9.47 Å². The number of benzene rings is 1. The van der Waals surface area contributed by atoms with E-state index in [9.17, 15) is 0 Å². The van der Waals surface area contributed by atoms with E-state index >= 15 is 0 Å². The van der Waals surface area contributed by atoms with Crippen molar-refractivity contribution >= 4 is 23.0 Å². The number of nitrogens with one attached hydrogen (secondary N) is 1. The summed E-state index contributed by atoms with van der Waals surface area (Å²) in [6.45, 7) is 3.39. The fraction of sp³-hybridized carbons (Fsp3) is 0.333. The number of rotatable bonds is 7. The van der Waals surface area contributed by atoms with Crippen molar-refractivity contribution in [3.8, 4) is 5.75 Å². The quantitative estimate of drug-likeness (QED) is 0.775. The predicted octanol–water partition coefficient (Wildman–Crippen LogP) is 3.50. The molecule has 2 aromatic rings. The lowest BCUT2D eigenvalue weighted by atomic mass is 10.1. The van der Waals surface area contributed by atoms with E-state index in [4.69, 9.17) is 21.7 Å². The second-order valence-electron chi connectivity index (χ2n) is 5.31. The molecule has 6 heteroatoms. The number of ether oxygens (including phenoxy) is 2. The van der Waals surface area contributed by atoms with Crippen LogP contribution in [0, 0.1) is 0 Å². The van der Waals surface area contributed by atoms with Gasteiger partial charge in [0.15, 0.2) is 5.11 Å². The van der Waals surface area contributed by atoms with Gasteiger partial charge in [0.1, 0.15) is 5.75 Å². The van der Waals surface area contributed by atoms with Crippen LogP contribution in [0.5, 0.6) is 5.75 Å². The van der Waals surface area contributed by atoms with E-state index in [2.05, 4.69) is 22.1 Å². The number of hydrogen-bond acceptors (Lipinski definition) is 4. The fourth-order valence-corrected chi connectivity index (χ4v) is 2.70. The standard InChI is InChI=1S/C18H23N3O2S/c1-14(15-5-4-10-19-13-15)21(11-12-22-2)18(24)20-16-6-8-17(23-3)9-7-16/h4-10,13-14H,11-12H2,1-3H3,(H,20,24)/t14-/m0/s1. The van der Waals surface area contributed by atoms with Crippen molar-refractivity contribution in [1.82, 2.24) is 9.88 Å². The van der Waals surface area contributed by atoms with Crippen LogP contribution >= 0.6 is 12.2 Å². The third-order valence-electron chi connectivity index (χ3n) is 3.77. The Morgan fingerprint density at radius 1 is 1.25 bits per heavy atom. The van der Waals surface area contributed by atoms with Gasteiger partial charge in [-0.25, -0.2) is 0 Å². The van der Waals surface area contributed by atoms with Gasteiger partial charge in [0.2, 0.25) is 0 Å². The second-order valence-corrected chi connectivity index (χ2v) is 5.69. The Hall–Kier alpha value is -2.18. The second kappa shape index (κ2) is 9.20. The lowest BCUT2D eigenvalue weighted by Gasteiger charge is -2.31. The van der Waals surface area contributed by atoms with Gasteiger partial charge in [-0.1, -0.05) is 6.07 Å². The maximum absolute atomic E-state index is 5.62. The molecule has 2 rings (SSSR count). The highest BCUT2D eigenvalue weighted by Crippen LogP contribution is 2.21. The Morgan fingerprint density at radius 2 is 2.00 bits per heavy atom. The molecule has 0 fully saturated rings. The largest absolute Gasteiger partial charge is 0.497 e. The van der Waals surface area contributed by atoms with Gasteiger partial charge < -0.3 is 19.7 Å². The van der Waals surface area contributed by atoms with E-state index in [1.54, 1.807) is 20.4 Å². The molecule has 5 nitrogen and oxygen atoms in total. The molecule has 0 aliphatic heterocycles. The summed E-state index contributed by atoms with van der Waals surface area (Å²) in [6.07, 6.45) is 3.63. The molecule has 0 radical (unpaired) electrons. The minimum atomic E-state index is 0.0899. The van der Waals surface area contributed by atoms with E-state index in [1.807, 2.05) is 42.6 Å². The molecule has 24 heavy (non-hydrogen) atoms. The average molecular weight is 345 g/mol. The number of nitrogens with zero attached hydrogens (tertiary/aromatic N) is 2. The molecular weight excluding hydrogens is 322 g/mol. The van der Waals surface area contributed by atoms with Crippen molar-refractivity contribution in [2.45, 2.75) is 13.0 Å². The summed E-state index contributed by atoms with van der Waals surface area (Å²) in [5, 5.41) is 3.93. The third-order valence-corrected chi connectivity index (χ3v) is 4.11. The highest BCUT2D eigenvalue weighted by atomic mass is 32.1. The summed E-state index contributed by atoms with van der Waals surface area (Å²) in [6, 6.07) is 11.7. The molecular formula is C18H23N3O2S. The van der Waals surface area contributed by atoms with E-state index in [-0.39, 0.29) is 6.04 Å². The van der Waals surface area contributed by atoms with E-state index in [1.165, 1.54) is 0 Å². The number of aromatic nitrogens is 1. The number of thiocarbonyl (C=S) groups is 1. The van der Waals surface area contributed by atoms with Gasteiger partial charge in [0, 0.05) is 31.7 Å². The fourth-order valence-electron chi connectivity index (χ4n) is 2.33. The zero-order chi connectivity index (χ0) is 17.4. The Kier molecular flexibility index (Phi) is 6.96. The van der Waals surface area contributed by atoms with E-state index in [0.29, 0.717) is 18.3 Å². The maximum atomic E-state index is 5.62. The number of pyridine rings is 1. The molecule has 0 aliphatic carbocycles. The van der Waals surface area contributed by atoms with Crippen LogP contribution < -0.4 is 10.1 Å². The normalized spacial score (nSPS) is 11.6. The van der Waals surface area contributed by atoms with Crippen molar-refractivity contribution in [3.05, 3.63) is 54.4 Å². The van der Waals surface area contributed by atoms with Gasteiger partial charge in [-0.15, -0.1) is 0 Å². The molecule has 0 saturated carbocycles. The molecule has 0 bridgehead atoms. The van der Waals surface area contributed by atoms with Gasteiger partial charge in [-0.2, -0.15) is 0 Å². The van der Waals surface area contributed by atoms with Gasteiger partial charge in [0.05, 0.1) is 19.8 Å². The summed E-state index contributed by atoms with van der Waals surface area (Å²) >= 11 is 5.62. The van der Waals surface area contributed by atoms with Crippen molar-refractivity contribution in [2.24, 2.45) is 0 Å². The van der Waals surface area contributed by atoms with Crippen molar-refractivity contribution in [2.75, 3.05) is 32.7 Å². The lowest BCUT2D eigenvalue weighted by Crippen LogP contribution is -2.39. The van der Waals surface area contributed by atoms with E-state index in [0.717, 1.165) is 17.0 Å². The monoisotopic (exact) mass is 345 g/mol. The Balaban J connectivity index is 2.11. The average Bonchev–Trinajstić information content (AvgIpc) is 2.63. The summed E-state index contributed by atoms with van der Waals surface area (Å²) in [5.41, 5.74) is 2.02. The SMILES string of the molecule is COCCN(C(=S)Nc1ccc(OC)cc1)[C@@H](C)c1cccnc1. The van der Waals surface area contributed by atoms with Crippen LogP contribution in [0.2, 0.25) is 0 Å². The van der Waals surface area contributed by atoms with Crippen LogP contribution in [-0.4, -0.2) is 42.4 Å². The van der Waals surface area contributed by atoms with Crippen molar-refractivity contribution in [3.63, 3.8) is 0 Å². The van der Waals surface area contributed by atoms with Gasteiger partial charge in [0.25, 0.3) is 0 Å². The first-order valence-electron chi connectivity index (χ1n) is 7.76. The third kappa shape index (κ3) is 4.91. The molecule has 1 N–H and O–H groups in total. The van der Waals surface area contributed by atoms with Crippen molar-refractivity contribution in [1.29, 1.82) is 0 Å². The summed E-state index contributed by atoms with van der Waals surface area (Å²) in [4.78, 5) is 6.29. The topological polar surface area (TPSA) is 46.6 Å². The predicted molar refractivity (Wildman–Crippen MR) is 100 cm³/mol. The first-order valence-corrected chi connectivity index (χ1v) is 8.17. The molecule has 1 heterocycles. The van der Waals surface area contributed by atoms with Gasteiger partial charge in [-0.05, 0) is 55.0 Å². The molecule has 0 spiro atoms. The summed E-state index contributed by atoms with van der Waals surface area (Å²) in [7, 11) is 3.34. The lowest BCUT2D eigenvalue weighted by molar-refractivity contribution is 0.165. The zero-order valence-corrected chi connectivity index (χ0v) is 15.0. The Morgan fingerprint density at radius 3 is 2.58 bits per heavy atom. The first kappa shape index (κ1) is 18.2. The zero-order valence-electron chi connectivity index (χ0n) is 14.2. The number of methoxy groups -OCH3 is 2. The van der Waals surface area contributed by atoms with Crippen LogP contribution in [-0.2, 0) is 4.74 Å². The van der Waals surface area contributed by atoms with Crippen LogP contribution in [0.15, 0.2) is 48.8 Å². The molecule has 0 unspecified atom stereocenters. The molecule has 1 aromatic heterocycles. The Labute approximate surface area is 148 Å². The Bertz CT molecular complexity index is 634. The number of anilines is 1. The first-order chi connectivity index (χ1) is 11.7. The van der Waals surface area contributed by atoms with Crippen LogP contribution in [0.25, 0.3) is 0 Å². The summed E-state index contributed by atoms with van der Waals surface area (Å²) < 4.78 is 10.4. The van der Waals surface area contributed by atoms with Gasteiger partial charge >= 0.3 is 0 Å². The molecule has 1 aromatic carbocycles. The number of hydrogen-bond donors (Lipinski definition) is 1. The molecule has 128 valence electrons. The highest BCUT2D eigenvalue weighted by Gasteiger charge is 2.19. The van der Waals surface area contributed by atoms with Gasteiger partial charge in [-0.3, -0.25) is 4.98 Å². The van der Waals surface area contributed by atoms with Crippen LogP contribution in [0.4, 0.5) is 5.69 Å². The highest BCUT2D eigenvalue weighted by molar-refractivity contribution is 7.80.